The van der Waals surface area contributed by atoms with Crippen molar-refractivity contribution in [2.75, 3.05) is 37.7 Å². The first-order valence-electron chi connectivity index (χ1n) is 14.4. The molecule has 1 aromatic rings. The van der Waals surface area contributed by atoms with Gasteiger partial charge in [0.1, 0.15) is 11.6 Å². The molecule has 0 aromatic heterocycles. The fourth-order valence-corrected chi connectivity index (χ4v) is 7.35. The van der Waals surface area contributed by atoms with Gasteiger partial charge in [-0.15, -0.1) is 0 Å². The van der Waals surface area contributed by atoms with Gasteiger partial charge in [-0.05, 0) is 50.7 Å². The summed E-state index contributed by atoms with van der Waals surface area (Å²) in [6.45, 7) is 9.78. The lowest BCUT2D eigenvalue weighted by Crippen LogP contribution is -2.56. The second-order valence-corrected chi connectivity index (χ2v) is 11.4. The van der Waals surface area contributed by atoms with Crippen molar-refractivity contribution < 1.29 is 24.2 Å². The zero-order valence-electron chi connectivity index (χ0n) is 23.6. The van der Waals surface area contributed by atoms with Crippen molar-refractivity contribution in [3.63, 3.8) is 0 Å². The number of fused-ring (bicyclic) bond motifs is 2. The molecule has 1 N–H and O–H groups in total. The summed E-state index contributed by atoms with van der Waals surface area (Å²) >= 11 is 0. The van der Waals surface area contributed by atoms with Crippen LogP contribution in [0.15, 0.2) is 42.5 Å². The maximum absolute atomic E-state index is 14.6. The molecular weight excluding hydrogens is 494 g/mol. The number of likely N-dealkylation sites (tertiary alicyclic amines) is 1. The number of carbonyl (C=O) groups excluding carboxylic acids is 3. The van der Waals surface area contributed by atoms with Gasteiger partial charge in [-0.3, -0.25) is 14.4 Å². The highest BCUT2D eigenvalue weighted by atomic mass is 16.5. The number of hydrogen-bond donors (Lipinski definition) is 1. The van der Waals surface area contributed by atoms with Gasteiger partial charge >= 0.3 is 0 Å². The summed E-state index contributed by atoms with van der Waals surface area (Å²) < 4.78 is 7.02. The fraction of sp³-hybridized carbons (Fsp3) is 0.581. The summed E-state index contributed by atoms with van der Waals surface area (Å²) in [6.07, 6.45) is 10.2. The molecule has 8 nitrogen and oxygen atoms in total. The number of benzene rings is 1. The predicted octanol–water partition coefficient (Wildman–Crippen LogP) is 3.15. The fourth-order valence-electron chi connectivity index (χ4n) is 7.35. The molecule has 1 spiro atoms. The minimum atomic E-state index is -1.26. The summed E-state index contributed by atoms with van der Waals surface area (Å²) in [7, 11) is 0. The second kappa shape index (κ2) is 10.5. The Bertz CT molecular complexity index is 1190. The quantitative estimate of drug-likeness (QED) is 0.408. The van der Waals surface area contributed by atoms with E-state index in [1.165, 1.54) is 0 Å². The molecule has 39 heavy (non-hydrogen) atoms. The van der Waals surface area contributed by atoms with E-state index in [-0.39, 0.29) is 24.3 Å². The number of amides is 3. The van der Waals surface area contributed by atoms with Crippen LogP contribution in [0, 0.1) is 25.7 Å². The van der Waals surface area contributed by atoms with Gasteiger partial charge in [0.05, 0.1) is 17.4 Å². The van der Waals surface area contributed by atoms with Crippen LogP contribution in [-0.4, -0.2) is 82.7 Å². The van der Waals surface area contributed by atoms with E-state index in [0.717, 1.165) is 23.2 Å². The van der Waals surface area contributed by atoms with Crippen molar-refractivity contribution in [1.82, 2.24) is 9.80 Å². The molecule has 1 aromatic carbocycles. The highest BCUT2D eigenvalue weighted by Gasteiger charge is 2.75. The smallest absolute Gasteiger partial charge is 0.253 e. The maximum atomic E-state index is 14.6. The van der Waals surface area contributed by atoms with Crippen molar-refractivity contribution >= 4 is 23.4 Å². The van der Waals surface area contributed by atoms with E-state index in [1.807, 2.05) is 75.1 Å². The molecule has 5 rings (SSSR count). The molecular formula is C31H41N3O5. The summed E-state index contributed by atoms with van der Waals surface area (Å²) in [4.78, 5) is 48.4. The van der Waals surface area contributed by atoms with Crippen LogP contribution in [0.1, 0.15) is 50.7 Å². The standard InChI is InChI=1S/C31H41N3O5/c1-5-16-32-17-10-14-30(6-2)23(27(32)36)24-28(37)34(18-7-8-20-35)26-29(38)33(19-11-15-31(24,26)39-30)25-21(3)12-9-13-22(25)4/h9-15,23-24,26,35H,5-8,16-20H2,1-4H3/t23-,24+,26?,30+,31+/m1/s1. The Morgan fingerprint density at radius 2 is 1.64 bits per heavy atom. The number of carbonyl (C=O) groups is 3. The molecule has 1 unspecified atom stereocenters. The van der Waals surface area contributed by atoms with Crippen LogP contribution >= 0.6 is 0 Å². The van der Waals surface area contributed by atoms with Crippen LogP contribution in [-0.2, 0) is 19.1 Å². The van der Waals surface area contributed by atoms with Crippen LogP contribution in [0.2, 0.25) is 0 Å². The summed E-state index contributed by atoms with van der Waals surface area (Å²) in [5.74, 6) is -1.99. The van der Waals surface area contributed by atoms with Crippen LogP contribution in [0.3, 0.4) is 0 Å². The van der Waals surface area contributed by atoms with Gasteiger partial charge < -0.3 is 24.5 Å². The van der Waals surface area contributed by atoms with Gasteiger partial charge in [-0.25, -0.2) is 0 Å². The molecule has 5 atom stereocenters. The largest absolute Gasteiger partial charge is 0.396 e. The van der Waals surface area contributed by atoms with Crippen molar-refractivity contribution in [2.24, 2.45) is 11.8 Å². The molecule has 2 fully saturated rings. The molecule has 0 radical (unpaired) electrons. The van der Waals surface area contributed by atoms with Crippen LogP contribution in [0.5, 0.6) is 0 Å². The van der Waals surface area contributed by atoms with Gasteiger partial charge in [0.15, 0.2) is 0 Å². The van der Waals surface area contributed by atoms with Crippen molar-refractivity contribution in [3.8, 4) is 0 Å². The van der Waals surface area contributed by atoms with Gasteiger partial charge in [-0.2, -0.15) is 0 Å². The molecule has 4 aliphatic heterocycles. The average molecular weight is 536 g/mol. The SMILES string of the molecule is CCCN1CC=C[C@]2(CC)O[C@]34C=CCN(c5c(C)cccc5C)C(=O)C3N(CCCCO)C(=O)[C@@H]4[C@@H]2C1=O. The Morgan fingerprint density at radius 1 is 0.923 bits per heavy atom. The first-order valence-corrected chi connectivity index (χ1v) is 14.4. The lowest BCUT2D eigenvalue weighted by atomic mass is 9.73. The van der Waals surface area contributed by atoms with E-state index >= 15 is 0 Å². The van der Waals surface area contributed by atoms with E-state index in [2.05, 4.69) is 0 Å². The average Bonchev–Trinajstić information content (AvgIpc) is 3.20. The highest BCUT2D eigenvalue weighted by molar-refractivity contribution is 6.06. The van der Waals surface area contributed by atoms with Gasteiger partial charge in [0, 0.05) is 38.5 Å². The van der Waals surface area contributed by atoms with Crippen LogP contribution in [0.25, 0.3) is 0 Å². The zero-order valence-corrected chi connectivity index (χ0v) is 23.6. The number of rotatable bonds is 8. The van der Waals surface area contributed by atoms with E-state index in [0.29, 0.717) is 45.4 Å². The number of aliphatic hydroxyl groups is 1. The number of anilines is 1. The third-order valence-corrected chi connectivity index (χ3v) is 9.03. The molecule has 4 heterocycles. The highest BCUT2D eigenvalue weighted by Crippen LogP contribution is 2.58. The van der Waals surface area contributed by atoms with Crippen molar-refractivity contribution in [3.05, 3.63) is 53.6 Å². The van der Waals surface area contributed by atoms with E-state index in [4.69, 9.17) is 4.74 Å². The van der Waals surface area contributed by atoms with Crippen molar-refractivity contribution in [1.29, 1.82) is 0 Å². The monoisotopic (exact) mass is 535 g/mol. The number of ether oxygens (including phenoxy) is 1. The third-order valence-electron chi connectivity index (χ3n) is 9.03. The van der Waals surface area contributed by atoms with E-state index < -0.39 is 29.1 Å². The van der Waals surface area contributed by atoms with Gasteiger partial charge in [-0.1, -0.05) is 56.4 Å². The first-order chi connectivity index (χ1) is 18.8. The lowest BCUT2D eigenvalue weighted by Gasteiger charge is -2.38. The van der Waals surface area contributed by atoms with Crippen LogP contribution in [0.4, 0.5) is 5.69 Å². The molecule has 3 amide bonds. The summed E-state index contributed by atoms with van der Waals surface area (Å²) in [5.41, 5.74) is 0.591. The zero-order chi connectivity index (χ0) is 27.9. The minimum Gasteiger partial charge on any atom is -0.396 e. The molecule has 4 aliphatic rings. The summed E-state index contributed by atoms with van der Waals surface area (Å²) in [6, 6.07) is 5.05. The number of aryl methyl sites for hydroxylation is 2. The normalized spacial score (nSPS) is 31.9. The number of hydrogen-bond acceptors (Lipinski definition) is 5. The Hall–Kier alpha value is -2.97. The third kappa shape index (κ3) is 4.14. The van der Waals surface area contributed by atoms with E-state index in [9.17, 15) is 19.5 Å². The molecule has 0 aliphatic carbocycles. The van der Waals surface area contributed by atoms with E-state index in [1.54, 1.807) is 9.80 Å². The van der Waals surface area contributed by atoms with Gasteiger partial charge in [0.25, 0.3) is 5.91 Å². The molecule has 2 saturated heterocycles. The second-order valence-electron chi connectivity index (χ2n) is 11.4. The van der Waals surface area contributed by atoms with Crippen molar-refractivity contribution in [2.45, 2.75) is 70.6 Å². The Balaban J connectivity index is 1.66. The lowest BCUT2D eigenvalue weighted by molar-refractivity contribution is -0.150. The number of aliphatic hydroxyl groups excluding tert-OH is 1. The van der Waals surface area contributed by atoms with Crippen LogP contribution < -0.4 is 4.90 Å². The molecule has 0 saturated carbocycles. The minimum absolute atomic E-state index is 0.0109. The number of para-hydroxylation sites is 1. The Morgan fingerprint density at radius 3 is 2.31 bits per heavy atom. The number of unbranched alkanes of at least 4 members (excludes halogenated alkanes) is 1. The Kier molecular flexibility index (Phi) is 7.46. The first kappa shape index (κ1) is 27.6. The molecule has 210 valence electrons. The van der Waals surface area contributed by atoms with Gasteiger partial charge in [0.2, 0.25) is 11.8 Å². The molecule has 8 heteroatoms. The maximum Gasteiger partial charge on any atom is 0.253 e. The summed E-state index contributed by atoms with van der Waals surface area (Å²) in [5, 5.41) is 9.44. The topological polar surface area (TPSA) is 90.4 Å². The number of nitrogens with zero attached hydrogens (tertiary/aromatic N) is 3. The molecule has 0 bridgehead atoms. The Labute approximate surface area is 231 Å². The predicted molar refractivity (Wildman–Crippen MR) is 149 cm³/mol.